The first-order chi connectivity index (χ1) is 16.5. The number of aliphatic hydroxyl groups excluding tert-OH is 1. The second-order valence-electron chi connectivity index (χ2n) is 8.61. The van der Waals surface area contributed by atoms with Gasteiger partial charge in [-0.3, -0.25) is 0 Å². The number of hydrogen-bond acceptors (Lipinski definition) is 5. The van der Waals surface area contributed by atoms with Gasteiger partial charge in [0, 0.05) is 23.2 Å². The van der Waals surface area contributed by atoms with Crippen molar-refractivity contribution in [3.05, 3.63) is 97.1 Å². The first-order valence-corrected chi connectivity index (χ1v) is 13.3. The normalized spacial score (nSPS) is 20.8. The number of phenols is 1. The molecule has 1 heterocycles. The fourth-order valence-corrected chi connectivity index (χ4v) is 7.40. The summed E-state index contributed by atoms with van der Waals surface area (Å²) in [5.41, 5.74) is 0. The van der Waals surface area contributed by atoms with Crippen LogP contribution in [0, 0.1) is 0 Å². The molecule has 1 aliphatic heterocycles. The van der Waals surface area contributed by atoms with Crippen LogP contribution in [0.3, 0.4) is 0 Å². The van der Waals surface area contributed by atoms with Crippen LogP contribution in [-0.4, -0.2) is 41.3 Å². The second kappa shape index (κ2) is 9.63. The SMILES string of the molecule is O=P(C[C@H]1OCC[C@@H](Oc2cc3ccccc3cc2O)[C@@H]1O)(c1ccccc1)c1ccccc1. The third-order valence-corrected chi connectivity index (χ3v) is 9.52. The van der Waals surface area contributed by atoms with E-state index in [1.807, 2.05) is 84.9 Å². The lowest BCUT2D eigenvalue weighted by Crippen LogP contribution is -2.49. The Morgan fingerprint density at radius 2 is 1.41 bits per heavy atom. The zero-order valence-corrected chi connectivity index (χ0v) is 19.6. The summed E-state index contributed by atoms with van der Waals surface area (Å²) in [6.07, 6.45) is -1.64. The number of rotatable bonds is 6. The average molecular weight is 474 g/mol. The largest absolute Gasteiger partial charge is 0.504 e. The van der Waals surface area contributed by atoms with Gasteiger partial charge in [-0.25, -0.2) is 0 Å². The Bertz CT molecular complexity index is 1260. The molecule has 6 heteroatoms. The quantitative estimate of drug-likeness (QED) is 0.404. The minimum absolute atomic E-state index is 0.0215. The third-order valence-electron chi connectivity index (χ3n) is 6.39. The highest BCUT2D eigenvalue weighted by atomic mass is 31.2. The van der Waals surface area contributed by atoms with Gasteiger partial charge in [0.2, 0.25) is 0 Å². The molecule has 1 aliphatic rings. The topological polar surface area (TPSA) is 76.0 Å². The van der Waals surface area contributed by atoms with Crippen molar-refractivity contribution in [2.45, 2.75) is 24.7 Å². The molecule has 4 aromatic carbocycles. The van der Waals surface area contributed by atoms with E-state index in [4.69, 9.17) is 9.47 Å². The molecule has 0 unspecified atom stereocenters. The van der Waals surface area contributed by atoms with Crippen LogP contribution < -0.4 is 15.3 Å². The summed E-state index contributed by atoms with van der Waals surface area (Å²) < 4.78 is 26.4. The van der Waals surface area contributed by atoms with E-state index < -0.39 is 25.5 Å². The van der Waals surface area contributed by atoms with Gasteiger partial charge in [0.05, 0.1) is 12.7 Å². The Morgan fingerprint density at radius 3 is 2.03 bits per heavy atom. The smallest absolute Gasteiger partial charge is 0.162 e. The van der Waals surface area contributed by atoms with Gasteiger partial charge < -0.3 is 24.3 Å². The maximum absolute atomic E-state index is 14.4. The van der Waals surface area contributed by atoms with Crippen molar-refractivity contribution in [2.24, 2.45) is 0 Å². The molecule has 0 aromatic heterocycles. The molecule has 0 saturated carbocycles. The van der Waals surface area contributed by atoms with E-state index in [1.54, 1.807) is 12.1 Å². The molecule has 0 radical (unpaired) electrons. The molecule has 4 aromatic rings. The number of phenolic OH excluding ortho intramolecular Hbond substituents is 1. The van der Waals surface area contributed by atoms with Crippen molar-refractivity contribution in [1.29, 1.82) is 0 Å². The van der Waals surface area contributed by atoms with Crippen molar-refractivity contribution in [1.82, 2.24) is 0 Å². The van der Waals surface area contributed by atoms with E-state index in [2.05, 4.69) is 0 Å². The Hall–Kier alpha value is -3.11. The van der Waals surface area contributed by atoms with Crippen molar-refractivity contribution in [2.75, 3.05) is 12.8 Å². The van der Waals surface area contributed by atoms with Crippen LogP contribution in [-0.2, 0) is 9.30 Å². The maximum Gasteiger partial charge on any atom is 0.162 e. The van der Waals surface area contributed by atoms with Crippen LogP contribution in [0.5, 0.6) is 11.5 Å². The summed E-state index contributed by atoms with van der Waals surface area (Å²) in [6.45, 7) is 0.365. The first kappa shape index (κ1) is 22.7. The van der Waals surface area contributed by atoms with Crippen LogP contribution in [0.4, 0.5) is 0 Å². The van der Waals surface area contributed by atoms with Crippen LogP contribution in [0.2, 0.25) is 0 Å². The Kier molecular flexibility index (Phi) is 6.42. The van der Waals surface area contributed by atoms with Gasteiger partial charge in [0.15, 0.2) is 11.5 Å². The molecule has 174 valence electrons. The van der Waals surface area contributed by atoms with E-state index in [0.717, 1.165) is 21.4 Å². The predicted octanol–water partition coefficient (Wildman–Crippen LogP) is 4.46. The second-order valence-corrected chi connectivity index (χ2v) is 11.5. The molecule has 0 amide bonds. The lowest BCUT2D eigenvalue weighted by atomic mass is 10.0. The highest BCUT2D eigenvalue weighted by molar-refractivity contribution is 7.78. The zero-order valence-electron chi connectivity index (χ0n) is 18.7. The molecule has 34 heavy (non-hydrogen) atoms. The summed E-state index contributed by atoms with van der Waals surface area (Å²) in [5, 5.41) is 25.0. The van der Waals surface area contributed by atoms with Gasteiger partial charge in [-0.1, -0.05) is 84.9 Å². The number of fused-ring (bicyclic) bond motifs is 1. The van der Waals surface area contributed by atoms with E-state index in [9.17, 15) is 14.8 Å². The van der Waals surface area contributed by atoms with Crippen molar-refractivity contribution in [3.8, 4) is 11.5 Å². The van der Waals surface area contributed by atoms with Gasteiger partial charge >= 0.3 is 0 Å². The number of benzene rings is 4. The lowest BCUT2D eigenvalue weighted by molar-refractivity contribution is -0.117. The first-order valence-electron chi connectivity index (χ1n) is 11.4. The van der Waals surface area contributed by atoms with Crippen LogP contribution in [0.25, 0.3) is 10.8 Å². The fraction of sp³-hybridized carbons (Fsp3) is 0.214. The van der Waals surface area contributed by atoms with E-state index in [0.29, 0.717) is 18.8 Å². The Labute approximate surface area is 199 Å². The van der Waals surface area contributed by atoms with Gasteiger partial charge in [0.25, 0.3) is 0 Å². The molecule has 0 aliphatic carbocycles. The minimum Gasteiger partial charge on any atom is -0.504 e. The molecule has 5 nitrogen and oxygen atoms in total. The molecule has 0 bridgehead atoms. The molecule has 2 N–H and O–H groups in total. The molecule has 3 atom stereocenters. The molecule has 5 rings (SSSR count). The summed E-state index contributed by atoms with van der Waals surface area (Å²) in [5.74, 6) is 0.339. The van der Waals surface area contributed by atoms with Crippen molar-refractivity contribution < 1.29 is 24.3 Å². The van der Waals surface area contributed by atoms with Crippen LogP contribution in [0.15, 0.2) is 97.1 Å². The third kappa shape index (κ3) is 4.47. The molecular weight excluding hydrogens is 447 g/mol. The number of aromatic hydroxyl groups is 1. The zero-order chi connectivity index (χ0) is 23.5. The van der Waals surface area contributed by atoms with Crippen molar-refractivity contribution >= 4 is 28.5 Å². The van der Waals surface area contributed by atoms with Gasteiger partial charge in [-0.15, -0.1) is 0 Å². The average Bonchev–Trinajstić information content (AvgIpc) is 2.88. The number of aliphatic hydroxyl groups is 1. The van der Waals surface area contributed by atoms with E-state index >= 15 is 0 Å². The predicted molar refractivity (Wildman–Crippen MR) is 135 cm³/mol. The fourth-order valence-electron chi connectivity index (χ4n) is 4.55. The Balaban J connectivity index is 1.41. The molecule has 1 saturated heterocycles. The number of hydrogen-bond donors (Lipinski definition) is 2. The van der Waals surface area contributed by atoms with E-state index in [-0.39, 0.29) is 11.9 Å². The highest BCUT2D eigenvalue weighted by Gasteiger charge is 2.40. The summed E-state index contributed by atoms with van der Waals surface area (Å²) in [4.78, 5) is 0. The Morgan fingerprint density at radius 1 is 0.853 bits per heavy atom. The maximum atomic E-state index is 14.4. The summed E-state index contributed by atoms with van der Waals surface area (Å²) in [6, 6.07) is 29.9. The summed E-state index contributed by atoms with van der Waals surface area (Å²) in [7, 11) is -3.07. The molecule has 0 spiro atoms. The van der Waals surface area contributed by atoms with Gasteiger partial charge in [-0.05, 0) is 22.9 Å². The van der Waals surface area contributed by atoms with Crippen LogP contribution >= 0.6 is 7.14 Å². The van der Waals surface area contributed by atoms with E-state index in [1.165, 1.54) is 0 Å². The van der Waals surface area contributed by atoms with Gasteiger partial charge in [0.1, 0.15) is 19.3 Å². The number of ether oxygens (including phenoxy) is 2. The standard InChI is InChI=1S/C28H27O5P/c29-24-17-20-9-7-8-10-21(20)18-26(24)33-25-15-16-32-27(28(25)30)19-34(31,22-11-3-1-4-12-22)23-13-5-2-6-14-23/h1-14,17-18,25,27-30H,15-16,19H2/t25-,27-,28+/m1/s1. The highest BCUT2D eigenvalue weighted by Crippen LogP contribution is 2.46. The lowest BCUT2D eigenvalue weighted by Gasteiger charge is -2.36. The molecule has 1 fully saturated rings. The van der Waals surface area contributed by atoms with Crippen LogP contribution in [0.1, 0.15) is 6.42 Å². The van der Waals surface area contributed by atoms with Crippen molar-refractivity contribution in [3.63, 3.8) is 0 Å². The summed E-state index contributed by atoms with van der Waals surface area (Å²) >= 11 is 0. The monoisotopic (exact) mass is 474 g/mol. The minimum atomic E-state index is -3.07. The molecular formula is C28H27O5P. The van der Waals surface area contributed by atoms with Gasteiger partial charge in [-0.2, -0.15) is 0 Å².